The number of dihydropyridines is 1. The van der Waals surface area contributed by atoms with Crippen molar-refractivity contribution in [3.05, 3.63) is 71.3 Å². The number of aliphatic hydroxyl groups excluding tert-OH is 4. The molecule has 1 aromatic heterocycles. The summed E-state index contributed by atoms with van der Waals surface area (Å²) in [5.74, 6) is 7.31. The van der Waals surface area contributed by atoms with E-state index in [-0.39, 0.29) is 28.7 Å². The van der Waals surface area contributed by atoms with Crippen molar-refractivity contribution in [2.45, 2.75) is 120 Å². The van der Waals surface area contributed by atoms with Crippen LogP contribution in [0, 0.1) is 29.6 Å². The monoisotopic (exact) mass is 675 g/mol. The third-order valence-corrected chi connectivity index (χ3v) is 11.2. The Morgan fingerprint density at radius 3 is 2.61 bits per heavy atom. The number of aryl methyl sites for hydroxylation is 1. The van der Waals surface area contributed by atoms with Crippen LogP contribution in [-0.2, 0) is 11.8 Å². The first kappa shape index (κ1) is 36.9. The quantitative estimate of drug-likeness (QED) is 0.131. The van der Waals surface area contributed by atoms with Crippen LogP contribution >= 0.6 is 0 Å². The normalized spacial score (nSPS) is 25.0. The molecule has 0 saturated heterocycles. The van der Waals surface area contributed by atoms with Crippen molar-refractivity contribution in [1.29, 1.82) is 0 Å². The zero-order valence-corrected chi connectivity index (χ0v) is 29.0. The van der Waals surface area contributed by atoms with E-state index in [1.54, 1.807) is 18.2 Å². The lowest BCUT2D eigenvalue weighted by Gasteiger charge is -2.41. The van der Waals surface area contributed by atoms with Crippen LogP contribution in [0.15, 0.2) is 60.1 Å². The number of nitrogens with one attached hydrogen (secondary N) is 2. The van der Waals surface area contributed by atoms with Crippen molar-refractivity contribution in [3.63, 3.8) is 0 Å². The molecule has 9 nitrogen and oxygen atoms in total. The largest absolute Gasteiger partial charge is 0.504 e. The Bertz CT molecular complexity index is 1450. The molecule has 1 aromatic carbocycles. The third-order valence-electron chi connectivity index (χ3n) is 11.2. The molecule has 1 saturated carbocycles. The Hall–Kier alpha value is -3.42. The fraction of sp³-hybridized carbons (Fsp3) is 0.600. The topological polar surface area (TPSA) is 164 Å². The van der Waals surface area contributed by atoms with Gasteiger partial charge in [0.05, 0.1) is 24.6 Å². The van der Waals surface area contributed by atoms with Crippen molar-refractivity contribution in [1.82, 2.24) is 10.3 Å². The van der Waals surface area contributed by atoms with Gasteiger partial charge in [0.25, 0.3) is 0 Å². The zero-order chi connectivity index (χ0) is 34.8. The van der Waals surface area contributed by atoms with E-state index in [0.717, 1.165) is 68.2 Å². The van der Waals surface area contributed by atoms with E-state index < -0.39 is 31.0 Å². The van der Waals surface area contributed by atoms with Crippen molar-refractivity contribution in [3.8, 4) is 23.3 Å². The lowest BCUT2D eigenvalue weighted by Crippen LogP contribution is -2.43. The Kier molecular flexibility index (Phi) is 13.2. The molecule has 7 unspecified atom stereocenters. The minimum absolute atomic E-state index is 0.0651. The maximum atomic E-state index is 11.2. The molecule has 2 heterocycles. The molecule has 0 radical (unpaired) electrons. The molecule has 9 N–H and O–H groups in total. The van der Waals surface area contributed by atoms with Gasteiger partial charge in [-0.25, -0.2) is 0 Å². The van der Waals surface area contributed by atoms with Gasteiger partial charge in [0, 0.05) is 42.1 Å². The number of phenols is 1. The second-order valence-corrected chi connectivity index (χ2v) is 14.4. The van der Waals surface area contributed by atoms with Crippen LogP contribution < -0.4 is 15.8 Å². The molecule has 0 spiro atoms. The Labute approximate surface area is 291 Å². The van der Waals surface area contributed by atoms with Crippen LogP contribution in [0.5, 0.6) is 11.5 Å². The van der Waals surface area contributed by atoms with Crippen LogP contribution in [0.2, 0.25) is 0 Å². The summed E-state index contributed by atoms with van der Waals surface area (Å²) in [6.45, 7) is 2.26. The van der Waals surface area contributed by atoms with Crippen LogP contribution in [0.25, 0.3) is 0 Å². The molecule has 1 aliphatic heterocycles. The van der Waals surface area contributed by atoms with Crippen molar-refractivity contribution >= 4 is 0 Å². The summed E-state index contributed by atoms with van der Waals surface area (Å²) in [7, 11) is 0. The zero-order valence-electron chi connectivity index (χ0n) is 29.0. The SMILES string of the molecule is CCC1C#CCC(C(O)CCc2ccc(O)c(OC(CC(C3=CCNC(N)=C3)C3(c4ccc[nH]4)CCCC3)C(O)CO)c2)C(O)CCCC1. The number of nitrogens with two attached hydrogens (primary N) is 1. The highest BCUT2D eigenvalue weighted by Crippen LogP contribution is 2.51. The van der Waals surface area contributed by atoms with E-state index in [2.05, 4.69) is 41.2 Å². The highest BCUT2D eigenvalue weighted by molar-refractivity contribution is 5.42. The number of H-pyrrole nitrogens is 1. The number of allylic oxidation sites excluding steroid dienone is 2. The average molecular weight is 676 g/mol. The second-order valence-electron chi connectivity index (χ2n) is 14.4. The summed E-state index contributed by atoms with van der Waals surface area (Å²) in [5, 5.41) is 57.6. The molecule has 9 heteroatoms. The number of aliphatic hydroxyl groups is 4. The first-order chi connectivity index (χ1) is 23.7. The molecule has 0 amide bonds. The second kappa shape index (κ2) is 17.5. The van der Waals surface area contributed by atoms with Gasteiger partial charge in [-0.15, -0.1) is 5.92 Å². The standard InChI is InChI=1S/C40H57N3O6/c1-2-27-9-3-4-12-32(45)30(11-7-10-27)33(46)16-14-28-15-17-34(47)36(23-28)49-37(35(48)26-44)25-31(29-18-22-43-39(41)24-29)40(19-5-6-20-40)38-13-8-21-42-38/h8,13,15,17-18,21,23-24,27,30-33,35,37,42-48H,2-6,9,11-12,14,16,19-20,22,25-26,41H2,1H3. The predicted octanol–water partition coefficient (Wildman–Crippen LogP) is 4.93. The van der Waals surface area contributed by atoms with Crippen LogP contribution in [0.4, 0.5) is 0 Å². The van der Waals surface area contributed by atoms with Gasteiger partial charge < -0.3 is 46.3 Å². The number of aromatic nitrogens is 1. The van der Waals surface area contributed by atoms with E-state index in [1.807, 2.05) is 18.3 Å². The first-order valence-corrected chi connectivity index (χ1v) is 18.4. The molecule has 2 aliphatic carbocycles. The number of hydrogen-bond donors (Lipinski definition) is 8. The summed E-state index contributed by atoms with van der Waals surface area (Å²) in [6, 6.07) is 9.27. The summed E-state index contributed by atoms with van der Waals surface area (Å²) in [6.07, 6.45) is 13.2. The summed E-state index contributed by atoms with van der Waals surface area (Å²) >= 11 is 0. The van der Waals surface area contributed by atoms with Crippen LogP contribution in [-0.4, -0.2) is 68.1 Å². The maximum absolute atomic E-state index is 11.2. The van der Waals surface area contributed by atoms with Crippen LogP contribution in [0.1, 0.15) is 95.2 Å². The Balaban J connectivity index is 1.35. The van der Waals surface area contributed by atoms with Crippen LogP contribution in [0.3, 0.4) is 0 Å². The Morgan fingerprint density at radius 2 is 1.90 bits per heavy atom. The minimum atomic E-state index is -1.19. The number of rotatable bonds is 14. The van der Waals surface area contributed by atoms with E-state index >= 15 is 0 Å². The number of aromatic hydroxyl groups is 1. The van der Waals surface area contributed by atoms with E-state index in [0.29, 0.717) is 50.4 Å². The van der Waals surface area contributed by atoms with E-state index in [9.17, 15) is 25.5 Å². The van der Waals surface area contributed by atoms with Gasteiger partial charge in [0.1, 0.15) is 12.2 Å². The lowest BCUT2D eigenvalue weighted by atomic mass is 9.65. The van der Waals surface area contributed by atoms with Crippen molar-refractivity contribution < 1.29 is 30.3 Å². The van der Waals surface area contributed by atoms with Gasteiger partial charge in [-0.3, -0.25) is 0 Å². The summed E-state index contributed by atoms with van der Waals surface area (Å²) in [5.41, 5.74) is 9.07. The van der Waals surface area contributed by atoms with Gasteiger partial charge in [-0.05, 0) is 98.8 Å². The predicted molar refractivity (Wildman–Crippen MR) is 191 cm³/mol. The molecular formula is C40H57N3O6. The molecule has 2 aromatic rings. The van der Waals surface area contributed by atoms with Gasteiger partial charge in [-0.2, -0.15) is 0 Å². The molecule has 49 heavy (non-hydrogen) atoms. The van der Waals surface area contributed by atoms with Crippen molar-refractivity contribution in [2.75, 3.05) is 13.2 Å². The fourth-order valence-electron chi connectivity index (χ4n) is 8.27. The molecule has 1 fully saturated rings. The van der Waals surface area contributed by atoms with Gasteiger partial charge in [-0.1, -0.05) is 50.7 Å². The lowest BCUT2D eigenvalue weighted by molar-refractivity contribution is -0.0153. The molecule has 7 atom stereocenters. The first-order valence-electron chi connectivity index (χ1n) is 18.4. The van der Waals surface area contributed by atoms with Gasteiger partial charge in [0.2, 0.25) is 0 Å². The number of phenolic OH excluding ortho intramolecular Hbond substituents is 1. The number of aromatic amines is 1. The molecule has 268 valence electrons. The third kappa shape index (κ3) is 9.23. The summed E-state index contributed by atoms with van der Waals surface area (Å²) < 4.78 is 6.44. The number of benzene rings is 1. The number of ether oxygens (including phenoxy) is 1. The molecule has 3 aliphatic rings. The highest BCUT2D eigenvalue weighted by Gasteiger charge is 2.46. The van der Waals surface area contributed by atoms with E-state index in [1.165, 1.54) is 0 Å². The highest BCUT2D eigenvalue weighted by atomic mass is 16.5. The maximum Gasteiger partial charge on any atom is 0.161 e. The smallest absolute Gasteiger partial charge is 0.161 e. The fourth-order valence-corrected chi connectivity index (χ4v) is 8.27. The Morgan fingerprint density at radius 1 is 1.10 bits per heavy atom. The van der Waals surface area contributed by atoms with Crippen molar-refractivity contribution in [2.24, 2.45) is 23.5 Å². The van der Waals surface area contributed by atoms with E-state index in [4.69, 9.17) is 10.5 Å². The van der Waals surface area contributed by atoms with Gasteiger partial charge >= 0.3 is 0 Å². The molecule has 0 bridgehead atoms. The van der Waals surface area contributed by atoms with Gasteiger partial charge in [0.15, 0.2) is 11.5 Å². The summed E-state index contributed by atoms with van der Waals surface area (Å²) in [4.78, 5) is 3.47. The minimum Gasteiger partial charge on any atom is -0.504 e. The average Bonchev–Trinajstić information content (AvgIpc) is 3.83. The molecular weight excluding hydrogens is 618 g/mol. The molecule has 5 rings (SSSR count). The number of hydrogen-bond acceptors (Lipinski definition) is 8.